The smallest absolute Gasteiger partial charge is 0.413 e. The lowest BCUT2D eigenvalue weighted by atomic mass is 10.1. The topological polar surface area (TPSA) is 78.9 Å². The molecule has 0 spiro atoms. The standard InChI is InChI=1S/C12H12F3N5O/c1-21-9-3-2-7(6-8(9)16)10-17-18-19-20(10)11(4-5-11)12(13,14)15/h2-3,6H,4-5,16H2,1H3. The van der Waals surface area contributed by atoms with Gasteiger partial charge in [-0.3, -0.25) is 0 Å². The van der Waals surface area contributed by atoms with E-state index in [1.807, 2.05) is 0 Å². The summed E-state index contributed by atoms with van der Waals surface area (Å²) >= 11 is 0. The minimum atomic E-state index is -4.39. The number of benzene rings is 1. The maximum atomic E-state index is 13.2. The number of aromatic nitrogens is 4. The molecular formula is C12H12F3N5O. The van der Waals surface area contributed by atoms with Gasteiger partial charge in [0.15, 0.2) is 11.4 Å². The van der Waals surface area contributed by atoms with Gasteiger partial charge in [0.1, 0.15) is 5.75 Å². The number of nitrogen functional groups attached to an aromatic ring is 1. The summed E-state index contributed by atoms with van der Waals surface area (Å²) in [6.45, 7) is 0. The van der Waals surface area contributed by atoms with Crippen molar-refractivity contribution >= 4 is 5.69 Å². The molecule has 0 atom stereocenters. The zero-order chi connectivity index (χ0) is 15.3. The first kappa shape index (κ1) is 13.7. The number of halogens is 3. The van der Waals surface area contributed by atoms with Crippen molar-refractivity contribution in [3.63, 3.8) is 0 Å². The Labute approximate surface area is 117 Å². The minimum Gasteiger partial charge on any atom is -0.495 e. The van der Waals surface area contributed by atoms with Gasteiger partial charge in [-0.25, -0.2) is 4.68 Å². The van der Waals surface area contributed by atoms with Crippen LogP contribution in [0.15, 0.2) is 18.2 Å². The van der Waals surface area contributed by atoms with E-state index >= 15 is 0 Å². The van der Waals surface area contributed by atoms with Crippen LogP contribution in [0.25, 0.3) is 11.4 Å². The Kier molecular flexibility index (Phi) is 2.82. The number of ether oxygens (including phenoxy) is 1. The molecule has 0 bridgehead atoms. The highest BCUT2D eigenvalue weighted by Crippen LogP contribution is 2.55. The maximum Gasteiger partial charge on any atom is 0.413 e. The van der Waals surface area contributed by atoms with Crippen LogP contribution in [0.4, 0.5) is 18.9 Å². The summed E-state index contributed by atoms with van der Waals surface area (Å²) < 4.78 is 45.4. The van der Waals surface area contributed by atoms with Gasteiger partial charge in [0.05, 0.1) is 12.8 Å². The summed E-state index contributed by atoms with van der Waals surface area (Å²) in [7, 11) is 1.46. The number of tetrazole rings is 1. The summed E-state index contributed by atoms with van der Waals surface area (Å²) in [6.07, 6.45) is -4.45. The second kappa shape index (κ2) is 4.34. The quantitative estimate of drug-likeness (QED) is 0.877. The Balaban J connectivity index is 2.06. The molecule has 0 aliphatic heterocycles. The van der Waals surface area contributed by atoms with Crippen LogP contribution in [0.3, 0.4) is 0 Å². The number of anilines is 1. The van der Waals surface area contributed by atoms with Crippen molar-refractivity contribution < 1.29 is 17.9 Å². The zero-order valence-electron chi connectivity index (χ0n) is 11.1. The molecule has 0 radical (unpaired) electrons. The molecular weight excluding hydrogens is 287 g/mol. The summed E-state index contributed by atoms with van der Waals surface area (Å²) in [4.78, 5) is 0. The predicted molar refractivity (Wildman–Crippen MR) is 67.5 cm³/mol. The predicted octanol–water partition coefficient (Wildman–Crippen LogP) is 1.98. The van der Waals surface area contributed by atoms with E-state index in [9.17, 15) is 13.2 Å². The van der Waals surface area contributed by atoms with Crippen molar-refractivity contribution in [1.82, 2.24) is 20.2 Å². The third-order valence-electron chi connectivity index (χ3n) is 3.61. The molecule has 0 unspecified atom stereocenters. The molecule has 1 aromatic heterocycles. The number of alkyl halides is 3. The Morgan fingerprint density at radius 3 is 2.57 bits per heavy atom. The van der Waals surface area contributed by atoms with E-state index in [0.717, 1.165) is 4.68 Å². The fourth-order valence-corrected chi connectivity index (χ4v) is 2.26. The summed E-state index contributed by atoms with van der Waals surface area (Å²) in [6, 6.07) is 4.63. The maximum absolute atomic E-state index is 13.2. The number of hydrogen-bond donors (Lipinski definition) is 1. The highest BCUT2D eigenvalue weighted by atomic mass is 19.4. The van der Waals surface area contributed by atoms with Crippen LogP contribution in [0.5, 0.6) is 5.75 Å². The molecule has 1 aliphatic rings. The van der Waals surface area contributed by atoms with Crippen molar-refractivity contribution in [3.05, 3.63) is 18.2 Å². The van der Waals surface area contributed by atoms with E-state index in [-0.39, 0.29) is 18.7 Å². The highest BCUT2D eigenvalue weighted by molar-refractivity contribution is 5.66. The van der Waals surface area contributed by atoms with Gasteiger partial charge in [0.25, 0.3) is 0 Å². The van der Waals surface area contributed by atoms with Crippen LogP contribution in [-0.2, 0) is 5.54 Å². The van der Waals surface area contributed by atoms with E-state index in [2.05, 4.69) is 15.5 Å². The molecule has 2 N–H and O–H groups in total. The van der Waals surface area contributed by atoms with Gasteiger partial charge in [0.2, 0.25) is 0 Å². The van der Waals surface area contributed by atoms with E-state index in [1.54, 1.807) is 12.1 Å². The van der Waals surface area contributed by atoms with Gasteiger partial charge >= 0.3 is 6.18 Å². The Morgan fingerprint density at radius 2 is 2.05 bits per heavy atom. The SMILES string of the molecule is COc1ccc(-c2nnnn2C2(C(F)(F)F)CC2)cc1N. The largest absolute Gasteiger partial charge is 0.495 e. The summed E-state index contributed by atoms with van der Waals surface area (Å²) in [5, 5.41) is 10.6. The van der Waals surface area contributed by atoms with Gasteiger partial charge in [-0.15, -0.1) is 5.10 Å². The monoisotopic (exact) mass is 299 g/mol. The molecule has 1 heterocycles. The van der Waals surface area contributed by atoms with Crippen molar-refractivity contribution in [3.8, 4) is 17.1 Å². The second-order valence-corrected chi connectivity index (χ2v) is 4.90. The molecule has 1 fully saturated rings. The molecule has 1 saturated carbocycles. The number of methoxy groups -OCH3 is 1. The van der Waals surface area contributed by atoms with E-state index in [1.165, 1.54) is 13.2 Å². The molecule has 0 saturated heterocycles. The molecule has 112 valence electrons. The Bertz CT molecular complexity index is 678. The molecule has 3 rings (SSSR count). The summed E-state index contributed by atoms with van der Waals surface area (Å²) in [5.74, 6) is 0.480. The van der Waals surface area contributed by atoms with Crippen LogP contribution in [-0.4, -0.2) is 33.5 Å². The highest BCUT2D eigenvalue weighted by Gasteiger charge is 2.66. The zero-order valence-corrected chi connectivity index (χ0v) is 11.1. The number of nitrogens with two attached hydrogens (primary N) is 1. The molecule has 0 amide bonds. The Morgan fingerprint density at radius 1 is 1.33 bits per heavy atom. The number of nitrogens with zero attached hydrogens (tertiary/aromatic N) is 4. The normalized spacial score (nSPS) is 16.8. The number of hydrogen-bond acceptors (Lipinski definition) is 5. The van der Waals surface area contributed by atoms with E-state index < -0.39 is 11.7 Å². The van der Waals surface area contributed by atoms with Crippen LogP contribution < -0.4 is 10.5 Å². The third kappa shape index (κ3) is 1.99. The molecule has 21 heavy (non-hydrogen) atoms. The van der Waals surface area contributed by atoms with Gasteiger partial charge in [-0.05, 0) is 41.5 Å². The number of rotatable bonds is 3. The Hall–Kier alpha value is -2.32. The molecule has 2 aromatic rings. The molecule has 6 nitrogen and oxygen atoms in total. The van der Waals surface area contributed by atoms with Gasteiger partial charge in [-0.1, -0.05) is 0 Å². The van der Waals surface area contributed by atoms with Crippen molar-refractivity contribution in [2.75, 3.05) is 12.8 Å². The fourth-order valence-electron chi connectivity index (χ4n) is 2.26. The first-order valence-corrected chi connectivity index (χ1v) is 6.18. The van der Waals surface area contributed by atoms with E-state index in [0.29, 0.717) is 17.0 Å². The van der Waals surface area contributed by atoms with Crippen LogP contribution >= 0.6 is 0 Å². The van der Waals surface area contributed by atoms with Crippen LogP contribution in [0.1, 0.15) is 12.8 Å². The van der Waals surface area contributed by atoms with Gasteiger partial charge < -0.3 is 10.5 Å². The van der Waals surface area contributed by atoms with Crippen molar-refractivity contribution in [2.45, 2.75) is 24.6 Å². The van der Waals surface area contributed by atoms with Gasteiger partial charge in [0, 0.05) is 5.56 Å². The lowest BCUT2D eigenvalue weighted by Crippen LogP contribution is -2.36. The van der Waals surface area contributed by atoms with Gasteiger partial charge in [-0.2, -0.15) is 13.2 Å². The minimum absolute atomic E-state index is 0.0276. The molecule has 9 heteroatoms. The lowest BCUT2D eigenvalue weighted by molar-refractivity contribution is -0.182. The average molecular weight is 299 g/mol. The first-order chi connectivity index (χ1) is 9.89. The first-order valence-electron chi connectivity index (χ1n) is 6.18. The van der Waals surface area contributed by atoms with Crippen LogP contribution in [0, 0.1) is 0 Å². The van der Waals surface area contributed by atoms with Crippen molar-refractivity contribution in [2.24, 2.45) is 0 Å². The fraction of sp³-hybridized carbons (Fsp3) is 0.417. The summed E-state index contributed by atoms with van der Waals surface area (Å²) in [5.41, 5.74) is 4.49. The second-order valence-electron chi connectivity index (χ2n) is 4.90. The molecule has 1 aliphatic carbocycles. The van der Waals surface area contributed by atoms with E-state index in [4.69, 9.17) is 10.5 Å². The third-order valence-corrected chi connectivity index (χ3v) is 3.61. The molecule has 1 aromatic carbocycles. The van der Waals surface area contributed by atoms with Crippen molar-refractivity contribution in [1.29, 1.82) is 0 Å². The van der Waals surface area contributed by atoms with Crippen LogP contribution in [0.2, 0.25) is 0 Å². The lowest BCUT2D eigenvalue weighted by Gasteiger charge is -2.20. The average Bonchev–Trinajstić information content (AvgIpc) is 3.10.